The lowest BCUT2D eigenvalue weighted by molar-refractivity contribution is -0.130. The molecule has 1 fully saturated rings. The fraction of sp³-hybridized carbons (Fsp3) is 0.471. The predicted molar refractivity (Wildman–Crippen MR) is 86.6 cm³/mol. The third-order valence-electron chi connectivity index (χ3n) is 4.12. The number of aryl methyl sites for hydroxylation is 1. The second-order valence-electron chi connectivity index (χ2n) is 5.99. The number of nitrogens with zero attached hydrogens (tertiary/aromatic N) is 1. The van der Waals surface area contributed by atoms with Crippen LogP contribution >= 0.6 is 0 Å². The molecule has 0 aromatic heterocycles. The maximum absolute atomic E-state index is 12.5. The quantitative estimate of drug-likeness (QED) is 0.835. The highest BCUT2D eigenvalue weighted by Crippen LogP contribution is 2.19. The molecule has 6 nitrogen and oxygen atoms in total. The zero-order chi connectivity index (χ0) is 17.0. The van der Waals surface area contributed by atoms with E-state index in [0.29, 0.717) is 19.5 Å². The lowest BCUT2D eigenvalue weighted by Gasteiger charge is -2.17. The summed E-state index contributed by atoms with van der Waals surface area (Å²) in [4.78, 5) is 37.4. The van der Waals surface area contributed by atoms with Crippen LogP contribution in [0.4, 0.5) is 0 Å². The van der Waals surface area contributed by atoms with Crippen LogP contribution in [0.3, 0.4) is 0 Å². The van der Waals surface area contributed by atoms with Crippen molar-refractivity contribution < 1.29 is 14.4 Å². The first-order chi connectivity index (χ1) is 10.9. The summed E-state index contributed by atoms with van der Waals surface area (Å²) in [5.74, 6) is -0.799. The van der Waals surface area contributed by atoms with E-state index in [4.69, 9.17) is 0 Å². The van der Waals surface area contributed by atoms with Gasteiger partial charge < -0.3 is 15.5 Å². The van der Waals surface area contributed by atoms with E-state index in [1.54, 1.807) is 11.9 Å². The molecule has 1 heterocycles. The topological polar surface area (TPSA) is 78.5 Å². The number of likely N-dealkylation sites (tertiary alicyclic amines) is 1. The summed E-state index contributed by atoms with van der Waals surface area (Å²) in [5, 5.41) is 5.37. The standard InChI is InChI=1S/C17H23N3O3/c1-11-4-6-13(7-5-11)8-16(22)20-9-14(17(23)18-3)15(10-20)19-12(2)21/h4-7,14-15H,8-10H2,1-3H3,(H,18,23)(H,19,21)/t14-,15-/m0/s1. The number of carbonyl (C=O) groups is 3. The highest BCUT2D eigenvalue weighted by Gasteiger charge is 2.39. The lowest BCUT2D eigenvalue weighted by atomic mass is 10.0. The molecule has 0 unspecified atom stereocenters. The highest BCUT2D eigenvalue weighted by atomic mass is 16.2. The third-order valence-corrected chi connectivity index (χ3v) is 4.12. The van der Waals surface area contributed by atoms with Gasteiger partial charge in [0.15, 0.2) is 0 Å². The summed E-state index contributed by atoms with van der Waals surface area (Å²) in [6.45, 7) is 4.10. The lowest BCUT2D eigenvalue weighted by Crippen LogP contribution is -2.44. The van der Waals surface area contributed by atoms with Crippen molar-refractivity contribution in [2.45, 2.75) is 26.3 Å². The van der Waals surface area contributed by atoms with Crippen LogP contribution in [0.15, 0.2) is 24.3 Å². The van der Waals surface area contributed by atoms with Crippen molar-refractivity contribution >= 4 is 17.7 Å². The Balaban J connectivity index is 2.04. The van der Waals surface area contributed by atoms with Crippen molar-refractivity contribution in [2.24, 2.45) is 5.92 Å². The van der Waals surface area contributed by atoms with E-state index < -0.39 is 5.92 Å². The van der Waals surface area contributed by atoms with E-state index in [0.717, 1.165) is 11.1 Å². The molecule has 1 aromatic carbocycles. The fourth-order valence-electron chi connectivity index (χ4n) is 2.86. The summed E-state index contributed by atoms with van der Waals surface area (Å²) in [6, 6.07) is 7.48. The molecule has 1 aliphatic rings. The minimum atomic E-state index is -0.411. The van der Waals surface area contributed by atoms with Gasteiger partial charge in [0, 0.05) is 27.1 Å². The summed E-state index contributed by atoms with van der Waals surface area (Å²) in [7, 11) is 1.56. The zero-order valence-corrected chi connectivity index (χ0v) is 13.8. The Labute approximate surface area is 136 Å². The molecule has 1 saturated heterocycles. The largest absolute Gasteiger partial charge is 0.359 e. The highest BCUT2D eigenvalue weighted by molar-refractivity contribution is 5.84. The van der Waals surface area contributed by atoms with E-state index in [2.05, 4.69) is 10.6 Å². The first-order valence-corrected chi connectivity index (χ1v) is 7.72. The average Bonchev–Trinajstić information content (AvgIpc) is 2.92. The molecule has 2 rings (SSSR count). The number of amides is 3. The Morgan fingerprint density at radius 3 is 2.39 bits per heavy atom. The Hall–Kier alpha value is -2.37. The van der Waals surface area contributed by atoms with Gasteiger partial charge in [-0.05, 0) is 12.5 Å². The van der Waals surface area contributed by atoms with Gasteiger partial charge >= 0.3 is 0 Å². The number of hydrogen-bond donors (Lipinski definition) is 2. The fourth-order valence-corrected chi connectivity index (χ4v) is 2.86. The molecule has 0 bridgehead atoms. The van der Waals surface area contributed by atoms with Gasteiger partial charge in [-0.2, -0.15) is 0 Å². The molecular weight excluding hydrogens is 294 g/mol. The van der Waals surface area contributed by atoms with Gasteiger partial charge in [-0.3, -0.25) is 14.4 Å². The Kier molecular flexibility index (Phi) is 5.36. The zero-order valence-electron chi connectivity index (χ0n) is 13.8. The SMILES string of the molecule is CNC(=O)[C@H]1CN(C(=O)Cc2ccc(C)cc2)C[C@@H]1NC(C)=O. The van der Waals surface area contributed by atoms with Gasteiger partial charge in [-0.25, -0.2) is 0 Å². The molecule has 1 aliphatic heterocycles. The minimum Gasteiger partial charge on any atom is -0.359 e. The Morgan fingerprint density at radius 1 is 1.17 bits per heavy atom. The van der Waals surface area contributed by atoms with Crippen LogP contribution in [0.25, 0.3) is 0 Å². The van der Waals surface area contributed by atoms with Gasteiger partial charge in [-0.1, -0.05) is 29.8 Å². The maximum Gasteiger partial charge on any atom is 0.227 e. The van der Waals surface area contributed by atoms with E-state index in [1.807, 2.05) is 31.2 Å². The summed E-state index contributed by atoms with van der Waals surface area (Å²) in [6.07, 6.45) is 0.299. The van der Waals surface area contributed by atoms with Gasteiger partial charge in [0.2, 0.25) is 17.7 Å². The molecule has 2 atom stereocenters. The van der Waals surface area contributed by atoms with Crippen molar-refractivity contribution in [3.63, 3.8) is 0 Å². The Morgan fingerprint density at radius 2 is 1.83 bits per heavy atom. The first kappa shape index (κ1) is 17.0. The maximum atomic E-state index is 12.5. The first-order valence-electron chi connectivity index (χ1n) is 7.72. The average molecular weight is 317 g/mol. The molecule has 0 radical (unpaired) electrons. The van der Waals surface area contributed by atoms with Crippen LogP contribution in [0.2, 0.25) is 0 Å². The number of nitrogens with one attached hydrogen (secondary N) is 2. The van der Waals surface area contributed by atoms with Crippen LogP contribution in [-0.4, -0.2) is 48.8 Å². The van der Waals surface area contributed by atoms with Crippen molar-refractivity contribution in [2.75, 3.05) is 20.1 Å². The molecule has 3 amide bonds. The number of hydrogen-bond acceptors (Lipinski definition) is 3. The van der Waals surface area contributed by atoms with Crippen molar-refractivity contribution in [3.8, 4) is 0 Å². The van der Waals surface area contributed by atoms with Crippen LogP contribution in [0.5, 0.6) is 0 Å². The predicted octanol–water partition coefficient (Wildman–Crippen LogP) is 0.247. The smallest absolute Gasteiger partial charge is 0.227 e. The third kappa shape index (κ3) is 4.31. The van der Waals surface area contributed by atoms with Crippen LogP contribution < -0.4 is 10.6 Å². The van der Waals surface area contributed by atoms with E-state index in [9.17, 15) is 14.4 Å². The van der Waals surface area contributed by atoms with Crippen molar-refractivity contribution in [1.82, 2.24) is 15.5 Å². The molecule has 124 valence electrons. The number of benzene rings is 1. The van der Waals surface area contributed by atoms with Gasteiger partial charge in [0.1, 0.15) is 0 Å². The van der Waals surface area contributed by atoms with Crippen molar-refractivity contribution in [1.29, 1.82) is 0 Å². The summed E-state index contributed by atoms with van der Waals surface area (Å²) >= 11 is 0. The van der Waals surface area contributed by atoms with Gasteiger partial charge in [-0.15, -0.1) is 0 Å². The monoisotopic (exact) mass is 317 g/mol. The molecule has 1 aromatic rings. The molecule has 0 spiro atoms. The second-order valence-corrected chi connectivity index (χ2v) is 5.99. The van der Waals surface area contributed by atoms with E-state index in [1.165, 1.54) is 6.92 Å². The van der Waals surface area contributed by atoms with Crippen LogP contribution in [-0.2, 0) is 20.8 Å². The van der Waals surface area contributed by atoms with Crippen LogP contribution in [0, 0.1) is 12.8 Å². The van der Waals surface area contributed by atoms with E-state index >= 15 is 0 Å². The number of rotatable bonds is 4. The van der Waals surface area contributed by atoms with E-state index in [-0.39, 0.29) is 23.8 Å². The van der Waals surface area contributed by atoms with Gasteiger partial charge in [0.05, 0.1) is 18.4 Å². The van der Waals surface area contributed by atoms with Gasteiger partial charge in [0.25, 0.3) is 0 Å². The normalized spacial score (nSPS) is 20.2. The summed E-state index contributed by atoms with van der Waals surface area (Å²) < 4.78 is 0. The molecule has 23 heavy (non-hydrogen) atoms. The molecule has 0 aliphatic carbocycles. The molecule has 2 N–H and O–H groups in total. The minimum absolute atomic E-state index is 0.0318. The molecule has 0 saturated carbocycles. The number of carbonyl (C=O) groups excluding carboxylic acids is 3. The second kappa shape index (κ2) is 7.26. The molecular formula is C17H23N3O3. The Bertz CT molecular complexity index is 598. The van der Waals surface area contributed by atoms with Crippen LogP contribution in [0.1, 0.15) is 18.1 Å². The molecule has 6 heteroatoms. The van der Waals surface area contributed by atoms with Crippen molar-refractivity contribution in [3.05, 3.63) is 35.4 Å². The summed E-state index contributed by atoms with van der Waals surface area (Å²) in [5.41, 5.74) is 2.09.